The number of nitrogens with one attached hydrogen (secondary N) is 1. The zero-order valence-corrected chi connectivity index (χ0v) is 11.9. The lowest BCUT2D eigenvalue weighted by Gasteiger charge is -2.16. The van der Waals surface area contributed by atoms with Crippen molar-refractivity contribution in [3.8, 4) is 0 Å². The third kappa shape index (κ3) is 3.15. The van der Waals surface area contributed by atoms with Gasteiger partial charge in [-0.05, 0) is 30.4 Å². The maximum Gasteiger partial charge on any atom is 0.269 e. The Morgan fingerprint density at radius 1 is 1.45 bits per heavy atom. The summed E-state index contributed by atoms with van der Waals surface area (Å²) < 4.78 is 0. The van der Waals surface area contributed by atoms with Gasteiger partial charge in [-0.15, -0.1) is 0 Å². The van der Waals surface area contributed by atoms with E-state index in [2.05, 4.69) is 12.2 Å². The van der Waals surface area contributed by atoms with Crippen molar-refractivity contribution < 1.29 is 9.72 Å². The van der Waals surface area contributed by atoms with Gasteiger partial charge in [-0.1, -0.05) is 26.3 Å². The molecular weight excluding hydrogens is 256 g/mol. The molecule has 0 radical (unpaired) electrons. The van der Waals surface area contributed by atoms with Crippen molar-refractivity contribution in [3.63, 3.8) is 0 Å². The van der Waals surface area contributed by atoms with Crippen LogP contribution in [-0.4, -0.2) is 16.9 Å². The number of nitrogens with zero attached hydrogens (tertiary/aromatic N) is 1. The van der Waals surface area contributed by atoms with E-state index in [0.29, 0.717) is 6.42 Å². The van der Waals surface area contributed by atoms with Crippen LogP contribution in [0.1, 0.15) is 37.8 Å². The summed E-state index contributed by atoms with van der Waals surface area (Å²) in [6, 6.07) is 5.02. The fourth-order valence-electron chi connectivity index (χ4n) is 2.73. The Morgan fingerprint density at radius 2 is 2.15 bits per heavy atom. The molecule has 1 N–H and O–H groups in total. The molecule has 1 aromatic rings. The van der Waals surface area contributed by atoms with Gasteiger partial charge in [0.1, 0.15) is 0 Å². The van der Waals surface area contributed by atoms with Crippen molar-refractivity contribution in [2.45, 2.75) is 45.6 Å². The molecule has 0 fully saturated rings. The van der Waals surface area contributed by atoms with E-state index >= 15 is 0 Å². The summed E-state index contributed by atoms with van der Waals surface area (Å²) in [5.74, 6) is 0.109. The van der Waals surface area contributed by atoms with E-state index in [0.717, 1.165) is 30.4 Å². The highest BCUT2D eigenvalue weighted by molar-refractivity contribution is 5.78. The van der Waals surface area contributed by atoms with Crippen molar-refractivity contribution in [1.29, 1.82) is 0 Å². The van der Waals surface area contributed by atoms with Crippen LogP contribution < -0.4 is 5.32 Å². The lowest BCUT2D eigenvalue weighted by Crippen LogP contribution is -2.38. The van der Waals surface area contributed by atoms with Crippen LogP contribution in [0.3, 0.4) is 0 Å². The van der Waals surface area contributed by atoms with Gasteiger partial charge in [0.15, 0.2) is 0 Å². The summed E-state index contributed by atoms with van der Waals surface area (Å²) in [4.78, 5) is 22.4. The number of nitro benzene ring substituents is 1. The van der Waals surface area contributed by atoms with E-state index in [1.165, 1.54) is 6.07 Å². The maximum atomic E-state index is 12.0. The van der Waals surface area contributed by atoms with E-state index < -0.39 is 0 Å². The van der Waals surface area contributed by atoms with Gasteiger partial charge < -0.3 is 5.32 Å². The van der Waals surface area contributed by atoms with Crippen molar-refractivity contribution in [3.05, 3.63) is 39.4 Å². The van der Waals surface area contributed by atoms with Crippen molar-refractivity contribution in [2.75, 3.05) is 0 Å². The van der Waals surface area contributed by atoms with Gasteiger partial charge in [-0.3, -0.25) is 14.9 Å². The summed E-state index contributed by atoms with van der Waals surface area (Å²) >= 11 is 0. The normalized spacial score (nSPS) is 18.4. The van der Waals surface area contributed by atoms with Crippen LogP contribution >= 0.6 is 0 Å². The Kier molecular flexibility index (Phi) is 4.37. The number of hydrogen-bond acceptors (Lipinski definition) is 3. The number of amides is 1. The lowest BCUT2D eigenvalue weighted by molar-refractivity contribution is -0.384. The van der Waals surface area contributed by atoms with Crippen LogP contribution in [0.25, 0.3) is 0 Å². The number of hydrogen-bond donors (Lipinski definition) is 1. The second-order valence-corrected chi connectivity index (χ2v) is 5.51. The van der Waals surface area contributed by atoms with Crippen LogP contribution in [0.2, 0.25) is 0 Å². The monoisotopic (exact) mass is 276 g/mol. The summed E-state index contributed by atoms with van der Waals surface area (Å²) in [7, 11) is 0. The molecule has 0 saturated carbocycles. The summed E-state index contributed by atoms with van der Waals surface area (Å²) in [5.41, 5.74) is 2.20. The molecular formula is C15H20N2O3. The van der Waals surface area contributed by atoms with Crippen LogP contribution in [0, 0.1) is 16.0 Å². The van der Waals surface area contributed by atoms with Gasteiger partial charge in [-0.25, -0.2) is 0 Å². The first kappa shape index (κ1) is 14.5. The molecule has 0 spiro atoms. The van der Waals surface area contributed by atoms with Gasteiger partial charge in [0, 0.05) is 24.1 Å². The Morgan fingerprint density at radius 3 is 2.80 bits per heavy atom. The first-order valence-corrected chi connectivity index (χ1v) is 7.07. The molecule has 5 nitrogen and oxygen atoms in total. The van der Waals surface area contributed by atoms with E-state index in [1.807, 2.05) is 6.92 Å². The molecule has 2 unspecified atom stereocenters. The highest BCUT2D eigenvalue weighted by Crippen LogP contribution is 2.26. The zero-order chi connectivity index (χ0) is 14.7. The summed E-state index contributed by atoms with van der Waals surface area (Å²) in [5, 5.41) is 13.8. The molecule has 0 saturated heterocycles. The van der Waals surface area contributed by atoms with E-state index in [4.69, 9.17) is 0 Å². The minimum Gasteiger partial charge on any atom is -0.352 e. The van der Waals surface area contributed by atoms with E-state index in [1.54, 1.807) is 12.1 Å². The highest BCUT2D eigenvalue weighted by atomic mass is 16.6. The minimum absolute atomic E-state index is 0.0260. The van der Waals surface area contributed by atoms with Crippen LogP contribution in [0.15, 0.2) is 18.2 Å². The molecule has 0 aliphatic heterocycles. The standard InChI is InChI=1S/C15H20N2O3/c1-3-4-10(2)15(18)16-13-7-11-5-6-14(17(19)20)9-12(11)8-13/h5-6,9-10,13H,3-4,7-8H2,1-2H3,(H,16,18). The molecule has 20 heavy (non-hydrogen) atoms. The Hall–Kier alpha value is -1.91. The number of non-ortho nitro benzene ring substituents is 1. The Bertz CT molecular complexity index is 528. The quantitative estimate of drug-likeness (QED) is 0.663. The molecule has 0 aromatic heterocycles. The SMILES string of the molecule is CCCC(C)C(=O)NC1Cc2ccc([N+](=O)[O-])cc2C1. The lowest BCUT2D eigenvalue weighted by atomic mass is 10.0. The predicted molar refractivity (Wildman–Crippen MR) is 76.5 cm³/mol. The number of carbonyl (C=O) groups excluding carboxylic acids is 1. The molecule has 1 amide bonds. The molecule has 0 heterocycles. The second-order valence-electron chi connectivity index (χ2n) is 5.51. The molecule has 0 bridgehead atoms. The second kappa shape index (κ2) is 6.03. The molecule has 108 valence electrons. The smallest absolute Gasteiger partial charge is 0.269 e. The predicted octanol–water partition coefficient (Wildman–Crippen LogP) is 2.61. The van der Waals surface area contributed by atoms with E-state index in [-0.39, 0.29) is 28.5 Å². The Labute approximate surface area is 118 Å². The third-order valence-electron chi connectivity index (χ3n) is 3.85. The van der Waals surface area contributed by atoms with Gasteiger partial charge in [0.2, 0.25) is 5.91 Å². The third-order valence-corrected chi connectivity index (χ3v) is 3.85. The van der Waals surface area contributed by atoms with Gasteiger partial charge in [-0.2, -0.15) is 0 Å². The molecule has 2 rings (SSSR count). The van der Waals surface area contributed by atoms with Gasteiger partial charge in [0.25, 0.3) is 5.69 Å². The van der Waals surface area contributed by atoms with Crippen molar-refractivity contribution >= 4 is 11.6 Å². The number of rotatable bonds is 5. The molecule has 2 atom stereocenters. The highest BCUT2D eigenvalue weighted by Gasteiger charge is 2.25. The molecule has 5 heteroatoms. The zero-order valence-electron chi connectivity index (χ0n) is 11.9. The summed E-state index contributed by atoms with van der Waals surface area (Å²) in [6.45, 7) is 4.00. The maximum absolute atomic E-state index is 12.0. The fourth-order valence-corrected chi connectivity index (χ4v) is 2.73. The van der Waals surface area contributed by atoms with Gasteiger partial charge in [0.05, 0.1) is 4.92 Å². The van der Waals surface area contributed by atoms with Crippen LogP contribution in [0.4, 0.5) is 5.69 Å². The van der Waals surface area contributed by atoms with Gasteiger partial charge >= 0.3 is 0 Å². The largest absolute Gasteiger partial charge is 0.352 e. The minimum atomic E-state index is -0.379. The molecule has 1 aromatic carbocycles. The van der Waals surface area contributed by atoms with Crippen LogP contribution in [-0.2, 0) is 17.6 Å². The average Bonchev–Trinajstić information content (AvgIpc) is 2.79. The summed E-state index contributed by atoms with van der Waals surface area (Å²) in [6.07, 6.45) is 3.32. The molecule has 1 aliphatic rings. The first-order valence-electron chi connectivity index (χ1n) is 7.07. The number of benzene rings is 1. The Balaban J connectivity index is 1.99. The van der Waals surface area contributed by atoms with Crippen molar-refractivity contribution in [2.24, 2.45) is 5.92 Å². The average molecular weight is 276 g/mol. The van der Waals surface area contributed by atoms with E-state index in [9.17, 15) is 14.9 Å². The fraction of sp³-hybridized carbons (Fsp3) is 0.533. The number of fused-ring (bicyclic) bond motifs is 1. The van der Waals surface area contributed by atoms with Crippen molar-refractivity contribution in [1.82, 2.24) is 5.32 Å². The topological polar surface area (TPSA) is 72.2 Å². The molecule has 1 aliphatic carbocycles. The van der Waals surface area contributed by atoms with Crippen LogP contribution in [0.5, 0.6) is 0 Å². The number of carbonyl (C=O) groups is 1. The number of nitro groups is 1. The first-order chi connectivity index (χ1) is 9.51.